The van der Waals surface area contributed by atoms with Crippen molar-refractivity contribution in [2.45, 2.75) is 12.8 Å². The molecule has 18 heavy (non-hydrogen) atoms. The Morgan fingerprint density at radius 2 is 2.06 bits per heavy atom. The van der Waals surface area contributed by atoms with Gasteiger partial charge < -0.3 is 19.8 Å². The van der Waals surface area contributed by atoms with Crippen LogP contribution in [-0.2, 0) is 6.42 Å². The first kappa shape index (κ1) is 11.3. The lowest BCUT2D eigenvalue weighted by Crippen LogP contribution is -2.10. The van der Waals surface area contributed by atoms with Gasteiger partial charge in [0.15, 0.2) is 11.5 Å². The molecule has 0 bridgehead atoms. The molecule has 5 heteroatoms. The van der Waals surface area contributed by atoms with Gasteiger partial charge in [0.25, 0.3) is 0 Å². The second-order valence-corrected chi connectivity index (χ2v) is 4.40. The Kier molecular flexibility index (Phi) is 3.06. The highest BCUT2D eigenvalue weighted by Crippen LogP contribution is 2.33. The highest BCUT2D eigenvalue weighted by Gasteiger charge is 2.13. The number of hydrogen-bond acceptors (Lipinski definition) is 4. The quantitative estimate of drug-likeness (QED) is 0.862. The van der Waals surface area contributed by atoms with Crippen LogP contribution in [-0.4, -0.2) is 36.8 Å². The molecular weight excluding hydrogens is 230 g/mol. The molecule has 0 radical (unpaired) electrons. The zero-order valence-electron chi connectivity index (χ0n) is 10.5. The highest BCUT2D eigenvalue weighted by atomic mass is 16.5. The molecular formula is C13H17N3O2. The topological polar surface area (TPSA) is 59.2 Å². The number of benzene rings is 1. The summed E-state index contributed by atoms with van der Waals surface area (Å²) in [7, 11) is 1.94. The van der Waals surface area contributed by atoms with Gasteiger partial charge in [0, 0.05) is 31.5 Å². The van der Waals surface area contributed by atoms with E-state index >= 15 is 0 Å². The average Bonchev–Trinajstić information content (AvgIpc) is 2.62. The molecule has 0 saturated carbocycles. The number of imidazole rings is 1. The molecule has 96 valence electrons. The van der Waals surface area contributed by atoms with Crippen LogP contribution < -0.4 is 14.8 Å². The summed E-state index contributed by atoms with van der Waals surface area (Å²) in [5.74, 6) is 2.59. The van der Waals surface area contributed by atoms with E-state index in [2.05, 4.69) is 15.3 Å². The number of nitrogens with zero attached hydrogens (tertiary/aromatic N) is 1. The minimum Gasteiger partial charge on any atom is -0.489 e. The number of likely N-dealkylation sites (N-methyl/N-ethyl adjacent to an activating group) is 1. The van der Waals surface area contributed by atoms with Gasteiger partial charge in [0.2, 0.25) is 0 Å². The minimum absolute atomic E-state index is 0.704. The summed E-state index contributed by atoms with van der Waals surface area (Å²) in [4.78, 5) is 7.87. The fourth-order valence-electron chi connectivity index (χ4n) is 2.08. The molecule has 0 saturated heterocycles. The Bertz CT molecular complexity index is 507. The summed E-state index contributed by atoms with van der Waals surface area (Å²) in [5, 5.41) is 3.11. The predicted molar refractivity (Wildman–Crippen MR) is 69.3 cm³/mol. The van der Waals surface area contributed by atoms with Crippen molar-refractivity contribution in [2.75, 3.05) is 26.8 Å². The maximum atomic E-state index is 5.66. The van der Waals surface area contributed by atoms with Crippen molar-refractivity contribution in [1.82, 2.24) is 15.3 Å². The van der Waals surface area contributed by atoms with E-state index in [0.717, 1.165) is 47.7 Å². The van der Waals surface area contributed by atoms with E-state index in [-0.39, 0.29) is 0 Å². The van der Waals surface area contributed by atoms with E-state index in [0.29, 0.717) is 13.2 Å². The van der Waals surface area contributed by atoms with Crippen molar-refractivity contribution in [1.29, 1.82) is 0 Å². The molecule has 0 spiro atoms. The summed E-state index contributed by atoms with van der Waals surface area (Å²) in [6.07, 6.45) is 1.81. The molecule has 2 heterocycles. The van der Waals surface area contributed by atoms with E-state index < -0.39 is 0 Å². The largest absolute Gasteiger partial charge is 0.489 e. The summed E-state index contributed by atoms with van der Waals surface area (Å²) >= 11 is 0. The number of hydrogen-bond donors (Lipinski definition) is 2. The maximum absolute atomic E-state index is 5.66. The number of aromatic nitrogens is 2. The van der Waals surface area contributed by atoms with Crippen molar-refractivity contribution >= 4 is 11.0 Å². The Morgan fingerprint density at radius 3 is 2.83 bits per heavy atom. The average molecular weight is 247 g/mol. The third kappa shape index (κ3) is 2.13. The van der Waals surface area contributed by atoms with E-state index in [1.165, 1.54) is 0 Å². The molecule has 1 aliphatic heterocycles. The molecule has 1 aliphatic rings. The van der Waals surface area contributed by atoms with Gasteiger partial charge in [-0.3, -0.25) is 0 Å². The second-order valence-electron chi connectivity index (χ2n) is 4.40. The van der Waals surface area contributed by atoms with Crippen LogP contribution >= 0.6 is 0 Å². The van der Waals surface area contributed by atoms with Crippen molar-refractivity contribution in [3.63, 3.8) is 0 Å². The third-order valence-corrected chi connectivity index (χ3v) is 3.01. The van der Waals surface area contributed by atoms with Crippen LogP contribution in [0.15, 0.2) is 12.1 Å². The number of ether oxygens (including phenoxy) is 2. The first-order valence-corrected chi connectivity index (χ1v) is 6.29. The van der Waals surface area contributed by atoms with Crippen LogP contribution in [0.1, 0.15) is 12.2 Å². The van der Waals surface area contributed by atoms with Gasteiger partial charge in [0.05, 0.1) is 24.2 Å². The van der Waals surface area contributed by atoms with Crippen LogP contribution in [0, 0.1) is 0 Å². The van der Waals surface area contributed by atoms with Gasteiger partial charge in [-0.1, -0.05) is 0 Å². The van der Waals surface area contributed by atoms with Crippen LogP contribution in [0.4, 0.5) is 0 Å². The fraction of sp³-hybridized carbons (Fsp3) is 0.462. The lowest BCUT2D eigenvalue weighted by Gasteiger charge is -2.05. The van der Waals surface area contributed by atoms with E-state index in [1.54, 1.807) is 0 Å². The van der Waals surface area contributed by atoms with Gasteiger partial charge in [-0.05, 0) is 7.05 Å². The van der Waals surface area contributed by atoms with Gasteiger partial charge in [-0.15, -0.1) is 0 Å². The van der Waals surface area contributed by atoms with Crippen LogP contribution in [0.5, 0.6) is 11.5 Å². The zero-order valence-corrected chi connectivity index (χ0v) is 10.5. The number of fused-ring (bicyclic) bond motifs is 2. The molecule has 0 atom stereocenters. The molecule has 0 fully saturated rings. The van der Waals surface area contributed by atoms with E-state index in [4.69, 9.17) is 9.47 Å². The Morgan fingerprint density at radius 1 is 1.28 bits per heavy atom. The molecule has 3 rings (SSSR count). The second kappa shape index (κ2) is 4.86. The zero-order chi connectivity index (χ0) is 12.4. The number of nitrogens with one attached hydrogen (secondary N) is 2. The monoisotopic (exact) mass is 247 g/mol. The Hall–Kier alpha value is -1.75. The molecule has 0 amide bonds. The smallest absolute Gasteiger partial charge is 0.163 e. The Labute approximate surface area is 106 Å². The lowest BCUT2D eigenvalue weighted by molar-refractivity contribution is 0.297. The van der Waals surface area contributed by atoms with Crippen molar-refractivity contribution in [3.05, 3.63) is 18.0 Å². The predicted octanol–water partition coefficient (Wildman–Crippen LogP) is 1.49. The molecule has 0 unspecified atom stereocenters. The van der Waals surface area contributed by atoms with Crippen LogP contribution in [0.3, 0.4) is 0 Å². The van der Waals surface area contributed by atoms with E-state index in [1.807, 2.05) is 19.2 Å². The van der Waals surface area contributed by atoms with Gasteiger partial charge >= 0.3 is 0 Å². The lowest BCUT2D eigenvalue weighted by atomic mass is 10.3. The van der Waals surface area contributed by atoms with Crippen LogP contribution in [0.25, 0.3) is 11.0 Å². The van der Waals surface area contributed by atoms with Crippen molar-refractivity contribution < 1.29 is 9.47 Å². The van der Waals surface area contributed by atoms with E-state index in [9.17, 15) is 0 Å². The Balaban J connectivity index is 1.96. The summed E-state index contributed by atoms with van der Waals surface area (Å²) in [5.41, 5.74) is 1.94. The number of rotatable bonds is 3. The normalized spacial score (nSPS) is 14.7. The van der Waals surface area contributed by atoms with Gasteiger partial charge in [-0.2, -0.15) is 0 Å². The summed E-state index contributed by atoms with van der Waals surface area (Å²) in [6, 6.07) is 3.93. The number of aromatic amines is 1. The molecule has 1 aromatic carbocycles. The molecule has 5 nitrogen and oxygen atoms in total. The van der Waals surface area contributed by atoms with Crippen LogP contribution in [0.2, 0.25) is 0 Å². The third-order valence-electron chi connectivity index (χ3n) is 3.01. The minimum atomic E-state index is 0.704. The van der Waals surface area contributed by atoms with Gasteiger partial charge in [0.1, 0.15) is 5.82 Å². The molecule has 2 aromatic rings. The highest BCUT2D eigenvalue weighted by molar-refractivity contribution is 5.79. The SMILES string of the molecule is CNCCc1nc2cc3c(cc2[nH]1)OCCCO3. The standard InChI is InChI=1S/C13H17N3O2/c1-14-4-3-13-15-9-7-11-12(8-10(9)16-13)18-6-2-5-17-11/h7-8,14H,2-6H2,1H3,(H,15,16). The van der Waals surface area contributed by atoms with Crippen molar-refractivity contribution in [3.8, 4) is 11.5 Å². The molecule has 1 aromatic heterocycles. The fourth-order valence-corrected chi connectivity index (χ4v) is 2.08. The first-order chi connectivity index (χ1) is 8.86. The molecule has 2 N–H and O–H groups in total. The maximum Gasteiger partial charge on any atom is 0.163 e. The molecule has 0 aliphatic carbocycles. The first-order valence-electron chi connectivity index (χ1n) is 6.29. The van der Waals surface area contributed by atoms with Gasteiger partial charge in [-0.25, -0.2) is 4.98 Å². The number of H-pyrrole nitrogens is 1. The van der Waals surface area contributed by atoms with Crippen molar-refractivity contribution in [2.24, 2.45) is 0 Å². The summed E-state index contributed by atoms with van der Waals surface area (Å²) < 4.78 is 11.3. The summed E-state index contributed by atoms with van der Waals surface area (Å²) in [6.45, 7) is 2.32.